The minimum absolute atomic E-state index is 0.483. The van der Waals surface area contributed by atoms with Crippen molar-refractivity contribution in [3.8, 4) is 0 Å². The van der Waals surface area contributed by atoms with Gasteiger partial charge in [0.2, 0.25) is 0 Å². The van der Waals surface area contributed by atoms with Gasteiger partial charge in [0.05, 0.1) is 6.61 Å². The van der Waals surface area contributed by atoms with Gasteiger partial charge in [-0.15, -0.1) is 6.58 Å². The average molecular weight is 237 g/mol. The lowest BCUT2D eigenvalue weighted by Gasteiger charge is -2.05. The van der Waals surface area contributed by atoms with Crippen LogP contribution in [0.4, 0.5) is 0 Å². The molecule has 3 heteroatoms. The fraction of sp³-hybridized carbons (Fsp3) is 0.571. The van der Waals surface area contributed by atoms with Gasteiger partial charge in [-0.2, -0.15) is 0 Å². The molecule has 0 amide bonds. The third-order valence-electron chi connectivity index (χ3n) is 2.48. The van der Waals surface area contributed by atoms with Crippen molar-refractivity contribution >= 4 is 0 Å². The van der Waals surface area contributed by atoms with E-state index in [2.05, 4.69) is 31.8 Å². The van der Waals surface area contributed by atoms with Gasteiger partial charge in [-0.3, -0.25) is 0 Å². The number of hydrogen-bond donors (Lipinski definition) is 1. The van der Waals surface area contributed by atoms with Crippen molar-refractivity contribution in [1.29, 1.82) is 0 Å². The molecule has 0 fully saturated rings. The van der Waals surface area contributed by atoms with Crippen molar-refractivity contribution in [1.82, 2.24) is 5.32 Å². The van der Waals surface area contributed by atoms with Crippen LogP contribution in [0.15, 0.2) is 23.1 Å². The maximum atomic E-state index is 5.64. The lowest BCUT2D eigenvalue weighted by molar-refractivity contribution is 0.109. The molecule has 0 spiro atoms. The van der Waals surface area contributed by atoms with Crippen LogP contribution >= 0.6 is 0 Å². The molecule has 1 aromatic heterocycles. The first-order valence-corrected chi connectivity index (χ1v) is 6.13. The molecule has 0 unspecified atom stereocenters. The smallest absolute Gasteiger partial charge is 0.130 e. The van der Waals surface area contributed by atoms with E-state index in [1.54, 1.807) is 0 Å². The summed E-state index contributed by atoms with van der Waals surface area (Å²) in [4.78, 5) is 0. The van der Waals surface area contributed by atoms with Crippen LogP contribution in [0, 0.1) is 6.92 Å². The van der Waals surface area contributed by atoms with Crippen LogP contribution in [0.25, 0.3) is 0 Å². The molecule has 1 rings (SSSR count). The van der Waals surface area contributed by atoms with Gasteiger partial charge in [-0.1, -0.05) is 19.9 Å². The molecule has 0 aliphatic rings. The van der Waals surface area contributed by atoms with Crippen LogP contribution in [0.1, 0.15) is 37.4 Å². The van der Waals surface area contributed by atoms with E-state index in [9.17, 15) is 0 Å². The molecular formula is C14H23NO2. The number of ether oxygens (including phenoxy) is 1. The summed E-state index contributed by atoms with van der Waals surface area (Å²) < 4.78 is 11.1. The van der Waals surface area contributed by atoms with E-state index < -0.39 is 0 Å². The van der Waals surface area contributed by atoms with E-state index in [1.165, 1.54) is 5.56 Å². The van der Waals surface area contributed by atoms with Crippen LogP contribution in [-0.4, -0.2) is 12.6 Å². The maximum absolute atomic E-state index is 5.64. The van der Waals surface area contributed by atoms with E-state index in [4.69, 9.17) is 9.15 Å². The Labute approximate surface area is 104 Å². The standard InChI is InChI=1S/C14H23NO2/c1-5-6-7-16-10-14-8-13(12(4)17-14)9-15-11(2)3/h5,8,11,15H,1,6-7,9-10H2,2-4H3. The van der Waals surface area contributed by atoms with Crippen LogP contribution in [0.3, 0.4) is 0 Å². The number of aryl methyl sites for hydroxylation is 1. The highest BCUT2D eigenvalue weighted by atomic mass is 16.5. The second kappa shape index (κ2) is 7.30. The highest BCUT2D eigenvalue weighted by molar-refractivity contribution is 5.20. The highest BCUT2D eigenvalue weighted by Gasteiger charge is 2.07. The van der Waals surface area contributed by atoms with Gasteiger partial charge in [-0.05, 0) is 19.4 Å². The van der Waals surface area contributed by atoms with Gasteiger partial charge in [0.1, 0.15) is 18.1 Å². The van der Waals surface area contributed by atoms with E-state index in [1.807, 2.05) is 13.0 Å². The second-order valence-electron chi connectivity index (χ2n) is 4.46. The molecule has 0 aliphatic carbocycles. The monoisotopic (exact) mass is 237 g/mol. The predicted molar refractivity (Wildman–Crippen MR) is 69.9 cm³/mol. The maximum Gasteiger partial charge on any atom is 0.130 e. The zero-order valence-electron chi connectivity index (χ0n) is 11.1. The molecular weight excluding hydrogens is 214 g/mol. The van der Waals surface area contributed by atoms with Gasteiger partial charge < -0.3 is 14.5 Å². The zero-order chi connectivity index (χ0) is 12.7. The van der Waals surface area contributed by atoms with E-state index in [0.717, 1.165) is 24.5 Å². The molecule has 0 radical (unpaired) electrons. The topological polar surface area (TPSA) is 34.4 Å². The predicted octanol–water partition coefficient (Wildman–Crippen LogP) is 3.18. The van der Waals surface area contributed by atoms with Crippen molar-refractivity contribution in [3.63, 3.8) is 0 Å². The molecule has 0 atom stereocenters. The fourth-order valence-corrected chi connectivity index (χ4v) is 1.49. The van der Waals surface area contributed by atoms with Crippen molar-refractivity contribution in [2.75, 3.05) is 6.61 Å². The summed E-state index contributed by atoms with van der Waals surface area (Å²) in [7, 11) is 0. The second-order valence-corrected chi connectivity index (χ2v) is 4.46. The number of rotatable bonds is 8. The normalized spacial score (nSPS) is 11.1. The molecule has 1 heterocycles. The summed E-state index contributed by atoms with van der Waals surface area (Å²) in [6.07, 6.45) is 2.73. The lowest BCUT2D eigenvalue weighted by Crippen LogP contribution is -2.21. The third kappa shape index (κ3) is 5.20. The first-order chi connectivity index (χ1) is 8.13. The summed E-state index contributed by atoms with van der Waals surface area (Å²) in [5.41, 5.74) is 1.21. The van der Waals surface area contributed by atoms with Crippen molar-refractivity contribution in [2.24, 2.45) is 0 Å². The number of nitrogens with one attached hydrogen (secondary N) is 1. The molecule has 0 aliphatic heterocycles. The van der Waals surface area contributed by atoms with Crippen molar-refractivity contribution < 1.29 is 9.15 Å². The Morgan fingerprint density at radius 2 is 2.29 bits per heavy atom. The minimum Gasteiger partial charge on any atom is -0.464 e. The van der Waals surface area contributed by atoms with Gasteiger partial charge in [0.25, 0.3) is 0 Å². The van der Waals surface area contributed by atoms with Crippen molar-refractivity contribution in [2.45, 2.75) is 46.4 Å². The van der Waals surface area contributed by atoms with Crippen LogP contribution in [-0.2, 0) is 17.9 Å². The fourth-order valence-electron chi connectivity index (χ4n) is 1.49. The van der Waals surface area contributed by atoms with E-state index in [0.29, 0.717) is 19.3 Å². The summed E-state index contributed by atoms with van der Waals surface area (Å²) in [5.74, 6) is 1.87. The Hall–Kier alpha value is -1.06. The van der Waals surface area contributed by atoms with E-state index in [-0.39, 0.29) is 0 Å². The highest BCUT2D eigenvalue weighted by Crippen LogP contribution is 2.15. The third-order valence-corrected chi connectivity index (χ3v) is 2.48. The summed E-state index contributed by atoms with van der Waals surface area (Å²) in [6, 6.07) is 2.55. The van der Waals surface area contributed by atoms with Gasteiger partial charge >= 0.3 is 0 Å². The largest absolute Gasteiger partial charge is 0.464 e. The average Bonchev–Trinajstić information content (AvgIpc) is 2.63. The molecule has 0 bridgehead atoms. The minimum atomic E-state index is 0.483. The van der Waals surface area contributed by atoms with Crippen LogP contribution in [0.5, 0.6) is 0 Å². The zero-order valence-corrected chi connectivity index (χ0v) is 11.1. The summed E-state index contributed by atoms with van der Waals surface area (Å²) in [6.45, 7) is 12.0. The molecule has 17 heavy (non-hydrogen) atoms. The Balaban J connectivity index is 2.41. The molecule has 3 nitrogen and oxygen atoms in total. The molecule has 0 saturated heterocycles. The SMILES string of the molecule is C=CCCOCc1cc(CNC(C)C)c(C)o1. The first kappa shape index (κ1) is 14.0. The summed E-state index contributed by atoms with van der Waals surface area (Å²) >= 11 is 0. The summed E-state index contributed by atoms with van der Waals surface area (Å²) in [5, 5.41) is 3.38. The molecule has 96 valence electrons. The lowest BCUT2D eigenvalue weighted by atomic mass is 10.2. The molecule has 1 aromatic rings. The first-order valence-electron chi connectivity index (χ1n) is 6.13. The Bertz CT molecular complexity index is 342. The van der Waals surface area contributed by atoms with Gasteiger partial charge in [0, 0.05) is 18.2 Å². The van der Waals surface area contributed by atoms with E-state index >= 15 is 0 Å². The van der Waals surface area contributed by atoms with Crippen LogP contribution < -0.4 is 5.32 Å². The van der Waals surface area contributed by atoms with Crippen LogP contribution in [0.2, 0.25) is 0 Å². The molecule has 0 aromatic carbocycles. The quantitative estimate of drug-likeness (QED) is 0.557. The number of hydrogen-bond acceptors (Lipinski definition) is 3. The Morgan fingerprint density at radius 1 is 1.53 bits per heavy atom. The van der Waals surface area contributed by atoms with Gasteiger partial charge in [0.15, 0.2) is 0 Å². The number of furan rings is 1. The van der Waals surface area contributed by atoms with Crippen molar-refractivity contribution in [3.05, 3.63) is 35.8 Å². The Morgan fingerprint density at radius 3 is 2.94 bits per heavy atom. The molecule has 1 N–H and O–H groups in total. The Kier molecular flexibility index (Phi) is 6.01. The van der Waals surface area contributed by atoms with Gasteiger partial charge in [-0.25, -0.2) is 0 Å². The molecule has 0 saturated carbocycles.